The first-order chi connectivity index (χ1) is 7.34. The minimum absolute atomic E-state index is 0.0577. The Hall–Kier alpha value is -0.730. The lowest BCUT2D eigenvalue weighted by Gasteiger charge is -2.31. The van der Waals surface area contributed by atoms with E-state index in [1.807, 2.05) is 13.8 Å². The molecule has 0 aliphatic heterocycles. The van der Waals surface area contributed by atoms with E-state index in [2.05, 4.69) is 11.4 Å². The average molecular weight is 233 g/mol. The fourth-order valence-electron chi connectivity index (χ4n) is 1.69. The molecule has 0 aromatic rings. The second-order valence-electron chi connectivity index (χ2n) is 4.36. The standard InChI is InChI=1S/C11H21F2N3/c1-5-15-11(3,8-14)6-9(2)16(4)7-10(12)13/h9-10,15H,5-7H2,1-4H3. The van der Waals surface area contributed by atoms with Crippen LogP contribution in [0.1, 0.15) is 27.2 Å². The molecule has 3 nitrogen and oxygen atoms in total. The first-order valence-electron chi connectivity index (χ1n) is 5.49. The van der Waals surface area contributed by atoms with Crippen LogP contribution < -0.4 is 5.32 Å². The molecular weight excluding hydrogens is 212 g/mol. The van der Waals surface area contributed by atoms with Crippen molar-refractivity contribution in [3.63, 3.8) is 0 Å². The average Bonchev–Trinajstić information content (AvgIpc) is 2.17. The van der Waals surface area contributed by atoms with Gasteiger partial charge in [0.05, 0.1) is 12.6 Å². The van der Waals surface area contributed by atoms with Gasteiger partial charge in [0.1, 0.15) is 5.54 Å². The molecule has 0 aromatic heterocycles. The van der Waals surface area contributed by atoms with E-state index >= 15 is 0 Å². The van der Waals surface area contributed by atoms with E-state index in [1.54, 1.807) is 18.9 Å². The summed E-state index contributed by atoms with van der Waals surface area (Å²) in [5.41, 5.74) is -0.648. The van der Waals surface area contributed by atoms with Gasteiger partial charge in [0.2, 0.25) is 0 Å². The normalized spacial score (nSPS) is 17.2. The number of rotatable bonds is 7. The van der Waals surface area contributed by atoms with E-state index in [4.69, 9.17) is 5.26 Å². The molecule has 0 fully saturated rings. The minimum atomic E-state index is -2.33. The van der Waals surface area contributed by atoms with Gasteiger partial charge in [-0.3, -0.25) is 10.2 Å². The summed E-state index contributed by atoms with van der Waals surface area (Å²) in [7, 11) is 1.65. The Morgan fingerprint density at radius 3 is 2.44 bits per heavy atom. The lowest BCUT2D eigenvalue weighted by atomic mass is 9.94. The Morgan fingerprint density at radius 2 is 2.06 bits per heavy atom. The van der Waals surface area contributed by atoms with Crippen LogP contribution in [0.3, 0.4) is 0 Å². The van der Waals surface area contributed by atoms with Gasteiger partial charge in [-0.05, 0) is 33.9 Å². The number of halogens is 2. The first kappa shape index (κ1) is 15.3. The van der Waals surface area contributed by atoms with Crippen LogP contribution in [-0.2, 0) is 0 Å². The van der Waals surface area contributed by atoms with Crippen LogP contribution in [0.4, 0.5) is 8.78 Å². The fraction of sp³-hybridized carbons (Fsp3) is 0.909. The van der Waals surface area contributed by atoms with E-state index in [0.29, 0.717) is 13.0 Å². The Balaban J connectivity index is 4.30. The van der Waals surface area contributed by atoms with Crippen LogP contribution in [0.5, 0.6) is 0 Å². The van der Waals surface area contributed by atoms with Gasteiger partial charge < -0.3 is 0 Å². The third-order valence-corrected chi connectivity index (χ3v) is 2.70. The number of hydrogen-bond acceptors (Lipinski definition) is 3. The molecule has 0 saturated heterocycles. The third-order valence-electron chi connectivity index (χ3n) is 2.70. The third kappa shape index (κ3) is 5.38. The highest BCUT2D eigenvalue weighted by Crippen LogP contribution is 2.15. The maximum absolute atomic E-state index is 12.2. The second kappa shape index (κ2) is 6.77. The Bertz CT molecular complexity index is 240. The predicted molar refractivity (Wildman–Crippen MR) is 60.4 cm³/mol. The predicted octanol–water partition coefficient (Wildman–Crippen LogP) is 1.85. The summed E-state index contributed by atoms with van der Waals surface area (Å²) in [6.07, 6.45) is -1.81. The molecule has 0 spiro atoms. The van der Waals surface area contributed by atoms with Crippen molar-refractivity contribution in [2.45, 2.75) is 45.2 Å². The Labute approximate surface area is 96.4 Å². The molecule has 0 heterocycles. The quantitative estimate of drug-likeness (QED) is 0.729. The van der Waals surface area contributed by atoms with Crippen LogP contribution in [0.25, 0.3) is 0 Å². The summed E-state index contributed by atoms with van der Waals surface area (Å²) in [6, 6.07) is 2.14. The number of nitrogens with one attached hydrogen (secondary N) is 1. The summed E-state index contributed by atoms with van der Waals surface area (Å²) in [5.74, 6) is 0. The summed E-state index contributed by atoms with van der Waals surface area (Å²) >= 11 is 0. The van der Waals surface area contributed by atoms with Crippen molar-refractivity contribution in [1.29, 1.82) is 5.26 Å². The summed E-state index contributed by atoms with van der Waals surface area (Å²) in [6.45, 7) is 6.01. The van der Waals surface area contributed by atoms with Crippen LogP contribution in [0.2, 0.25) is 0 Å². The highest BCUT2D eigenvalue weighted by atomic mass is 19.3. The van der Waals surface area contributed by atoms with Crippen molar-refractivity contribution < 1.29 is 8.78 Å². The highest BCUT2D eigenvalue weighted by Gasteiger charge is 2.27. The maximum atomic E-state index is 12.2. The van der Waals surface area contributed by atoms with Crippen molar-refractivity contribution in [2.75, 3.05) is 20.1 Å². The molecule has 0 aliphatic carbocycles. The van der Waals surface area contributed by atoms with E-state index < -0.39 is 12.0 Å². The van der Waals surface area contributed by atoms with Gasteiger partial charge >= 0.3 is 0 Å². The van der Waals surface area contributed by atoms with Crippen LogP contribution in [-0.4, -0.2) is 43.0 Å². The van der Waals surface area contributed by atoms with Crippen LogP contribution in [0.15, 0.2) is 0 Å². The molecule has 0 rings (SSSR count). The van der Waals surface area contributed by atoms with E-state index in [-0.39, 0.29) is 12.6 Å². The molecule has 0 bridgehead atoms. The largest absolute Gasteiger partial charge is 0.300 e. The molecule has 94 valence electrons. The Morgan fingerprint density at radius 1 is 1.50 bits per heavy atom. The molecule has 1 N–H and O–H groups in total. The number of hydrogen-bond donors (Lipinski definition) is 1. The zero-order chi connectivity index (χ0) is 12.8. The summed E-state index contributed by atoms with van der Waals surface area (Å²) < 4.78 is 24.4. The molecule has 2 atom stereocenters. The molecule has 0 radical (unpaired) electrons. The van der Waals surface area contributed by atoms with Gasteiger partial charge in [-0.1, -0.05) is 6.92 Å². The topological polar surface area (TPSA) is 39.1 Å². The lowest BCUT2D eigenvalue weighted by Crippen LogP contribution is -2.47. The molecule has 5 heteroatoms. The van der Waals surface area contributed by atoms with Crippen molar-refractivity contribution in [3.05, 3.63) is 0 Å². The van der Waals surface area contributed by atoms with E-state index in [9.17, 15) is 8.78 Å². The summed E-state index contributed by atoms with van der Waals surface area (Å²) in [4.78, 5) is 1.58. The molecular formula is C11H21F2N3. The van der Waals surface area contributed by atoms with Gasteiger partial charge in [-0.25, -0.2) is 8.78 Å². The van der Waals surface area contributed by atoms with Gasteiger partial charge in [-0.15, -0.1) is 0 Å². The number of nitriles is 1. The monoisotopic (exact) mass is 233 g/mol. The second-order valence-corrected chi connectivity index (χ2v) is 4.36. The van der Waals surface area contributed by atoms with Gasteiger partial charge in [0.15, 0.2) is 0 Å². The lowest BCUT2D eigenvalue weighted by molar-refractivity contribution is 0.0779. The zero-order valence-electron chi connectivity index (χ0n) is 10.4. The van der Waals surface area contributed by atoms with Crippen LogP contribution in [0, 0.1) is 11.3 Å². The highest BCUT2D eigenvalue weighted by molar-refractivity contribution is 5.05. The van der Waals surface area contributed by atoms with E-state index in [0.717, 1.165) is 0 Å². The SMILES string of the molecule is CCNC(C)(C#N)CC(C)N(C)CC(F)F. The molecule has 0 amide bonds. The van der Waals surface area contributed by atoms with Crippen molar-refractivity contribution >= 4 is 0 Å². The fourth-order valence-corrected chi connectivity index (χ4v) is 1.69. The smallest absolute Gasteiger partial charge is 0.251 e. The number of nitrogens with zero attached hydrogens (tertiary/aromatic N) is 2. The molecule has 2 unspecified atom stereocenters. The van der Waals surface area contributed by atoms with Gasteiger partial charge in [0, 0.05) is 6.04 Å². The van der Waals surface area contributed by atoms with Gasteiger partial charge in [0.25, 0.3) is 6.43 Å². The molecule has 0 saturated carbocycles. The maximum Gasteiger partial charge on any atom is 0.251 e. The van der Waals surface area contributed by atoms with Gasteiger partial charge in [-0.2, -0.15) is 5.26 Å². The zero-order valence-corrected chi connectivity index (χ0v) is 10.4. The van der Waals surface area contributed by atoms with Crippen molar-refractivity contribution in [1.82, 2.24) is 10.2 Å². The van der Waals surface area contributed by atoms with Crippen LogP contribution >= 0.6 is 0 Å². The Kier molecular flexibility index (Phi) is 6.46. The van der Waals surface area contributed by atoms with Crippen molar-refractivity contribution in [3.8, 4) is 6.07 Å². The van der Waals surface area contributed by atoms with E-state index in [1.165, 1.54) is 0 Å². The molecule has 0 aromatic carbocycles. The first-order valence-corrected chi connectivity index (χ1v) is 5.49. The molecule has 16 heavy (non-hydrogen) atoms. The molecule has 0 aliphatic rings. The minimum Gasteiger partial charge on any atom is -0.300 e. The summed E-state index contributed by atoms with van der Waals surface area (Å²) in [5, 5.41) is 12.1. The number of alkyl halides is 2. The van der Waals surface area contributed by atoms with Crippen molar-refractivity contribution in [2.24, 2.45) is 0 Å².